The Bertz CT molecular complexity index is 490. The van der Waals surface area contributed by atoms with Gasteiger partial charge in [-0.1, -0.05) is 0 Å². The average Bonchev–Trinajstić information content (AvgIpc) is 2.38. The molecule has 17 heavy (non-hydrogen) atoms. The van der Waals surface area contributed by atoms with Gasteiger partial charge in [0.05, 0.1) is 13.7 Å². The summed E-state index contributed by atoms with van der Waals surface area (Å²) in [4.78, 5) is 8.12. The summed E-state index contributed by atoms with van der Waals surface area (Å²) in [6, 6.07) is 6.44. The van der Waals surface area contributed by atoms with Gasteiger partial charge in [0, 0.05) is 24.1 Å². The molecular weight excluding hydrogens is 221 g/mol. The van der Waals surface area contributed by atoms with Crippen LogP contribution >= 0.6 is 0 Å². The van der Waals surface area contributed by atoms with Crippen LogP contribution in [0.3, 0.4) is 0 Å². The topological polar surface area (TPSA) is 47.0 Å². The number of halogens is 1. The Kier molecular flexibility index (Phi) is 3.49. The highest BCUT2D eigenvalue weighted by molar-refractivity contribution is 5.47. The van der Waals surface area contributed by atoms with Gasteiger partial charge in [-0.25, -0.2) is 14.4 Å². The zero-order valence-electron chi connectivity index (χ0n) is 9.35. The van der Waals surface area contributed by atoms with Gasteiger partial charge in [0.2, 0.25) is 0 Å². The number of hydrogen-bond acceptors (Lipinski definition) is 4. The molecule has 0 radical (unpaired) electrons. The van der Waals surface area contributed by atoms with E-state index in [0.717, 1.165) is 0 Å². The molecule has 0 spiro atoms. The highest BCUT2D eigenvalue weighted by atomic mass is 19.1. The Morgan fingerprint density at radius 1 is 1.29 bits per heavy atom. The van der Waals surface area contributed by atoms with Crippen LogP contribution in [0.2, 0.25) is 0 Å². The first-order chi connectivity index (χ1) is 8.29. The monoisotopic (exact) mass is 233 g/mol. The first-order valence-corrected chi connectivity index (χ1v) is 5.13. The summed E-state index contributed by atoms with van der Waals surface area (Å²) < 4.78 is 18.2. The molecular formula is C12H12FN3O. The van der Waals surface area contributed by atoms with E-state index in [4.69, 9.17) is 4.74 Å². The van der Waals surface area contributed by atoms with Crippen LogP contribution in [0.25, 0.3) is 0 Å². The Balaban J connectivity index is 2.02. The Labute approximate surface area is 98.5 Å². The normalized spacial score (nSPS) is 10.0. The zero-order chi connectivity index (χ0) is 12.1. The van der Waals surface area contributed by atoms with E-state index in [1.165, 1.54) is 13.2 Å². The Morgan fingerprint density at radius 2 is 2.06 bits per heavy atom. The minimum absolute atomic E-state index is 0.228. The summed E-state index contributed by atoms with van der Waals surface area (Å²) >= 11 is 0. The number of benzene rings is 1. The van der Waals surface area contributed by atoms with Crippen LogP contribution in [0.4, 0.5) is 10.1 Å². The molecule has 0 atom stereocenters. The minimum Gasteiger partial charge on any atom is -0.494 e. The van der Waals surface area contributed by atoms with Crippen molar-refractivity contribution in [3.05, 3.63) is 48.3 Å². The highest BCUT2D eigenvalue weighted by Crippen LogP contribution is 2.20. The molecule has 0 aliphatic heterocycles. The zero-order valence-corrected chi connectivity index (χ0v) is 9.35. The van der Waals surface area contributed by atoms with E-state index < -0.39 is 5.82 Å². The van der Waals surface area contributed by atoms with Crippen LogP contribution in [-0.2, 0) is 6.54 Å². The molecule has 1 aromatic carbocycles. The number of methoxy groups -OCH3 is 1. The first-order valence-electron chi connectivity index (χ1n) is 5.13. The first kappa shape index (κ1) is 11.3. The van der Waals surface area contributed by atoms with E-state index in [0.29, 0.717) is 18.1 Å². The van der Waals surface area contributed by atoms with Crippen molar-refractivity contribution >= 4 is 5.69 Å². The van der Waals surface area contributed by atoms with Gasteiger partial charge >= 0.3 is 0 Å². The van der Waals surface area contributed by atoms with Crippen molar-refractivity contribution < 1.29 is 9.13 Å². The third kappa shape index (κ3) is 2.90. The van der Waals surface area contributed by atoms with Crippen LogP contribution in [-0.4, -0.2) is 17.1 Å². The van der Waals surface area contributed by atoms with Crippen molar-refractivity contribution in [3.63, 3.8) is 0 Å². The molecule has 2 rings (SSSR count). The fourth-order valence-corrected chi connectivity index (χ4v) is 1.38. The molecule has 0 aliphatic carbocycles. The average molecular weight is 233 g/mol. The lowest BCUT2D eigenvalue weighted by Crippen LogP contribution is -2.03. The van der Waals surface area contributed by atoms with E-state index in [2.05, 4.69) is 15.3 Å². The molecule has 0 saturated heterocycles. The lowest BCUT2D eigenvalue weighted by molar-refractivity contribution is 0.386. The second-order valence-corrected chi connectivity index (χ2v) is 3.37. The molecule has 1 aromatic heterocycles. The molecule has 0 aliphatic rings. The molecule has 0 unspecified atom stereocenters. The second kappa shape index (κ2) is 5.25. The molecule has 1 N–H and O–H groups in total. The van der Waals surface area contributed by atoms with Gasteiger partial charge in [-0.15, -0.1) is 0 Å². The number of anilines is 1. The Hall–Kier alpha value is -2.17. The van der Waals surface area contributed by atoms with Crippen molar-refractivity contribution in [1.29, 1.82) is 0 Å². The lowest BCUT2D eigenvalue weighted by Gasteiger charge is -2.07. The van der Waals surface area contributed by atoms with Gasteiger partial charge in [-0.2, -0.15) is 0 Å². The number of nitrogens with zero attached hydrogens (tertiary/aromatic N) is 2. The van der Waals surface area contributed by atoms with Crippen molar-refractivity contribution in [2.45, 2.75) is 6.54 Å². The summed E-state index contributed by atoms with van der Waals surface area (Å²) in [5.41, 5.74) is 0.663. The molecule has 0 amide bonds. The quantitative estimate of drug-likeness (QED) is 0.879. The molecule has 0 bridgehead atoms. The summed E-state index contributed by atoms with van der Waals surface area (Å²) in [7, 11) is 1.43. The maximum Gasteiger partial charge on any atom is 0.167 e. The van der Waals surface area contributed by atoms with E-state index in [-0.39, 0.29) is 5.75 Å². The molecule has 88 valence electrons. The van der Waals surface area contributed by atoms with Gasteiger partial charge < -0.3 is 10.1 Å². The standard InChI is InChI=1S/C12H12FN3O/c1-17-11-4-3-9(7-10(11)13)16-8-12-14-5-2-6-15-12/h2-7,16H,8H2,1H3. The van der Waals surface area contributed by atoms with E-state index in [1.807, 2.05) is 0 Å². The number of hydrogen-bond donors (Lipinski definition) is 1. The molecule has 5 heteroatoms. The van der Waals surface area contributed by atoms with E-state index in [9.17, 15) is 4.39 Å². The van der Waals surface area contributed by atoms with E-state index in [1.54, 1.807) is 30.6 Å². The fourth-order valence-electron chi connectivity index (χ4n) is 1.38. The summed E-state index contributed by atoms with van der Waals surface area (Å²) in [6.07, 6.45) is 3.33. The van der Waals surface area contributed by atoms with Gasteiger partial charge in [0.25, 0.3) is 0 Å². The molecule has 2 aromatic rings. The lowest BCUT2D eigenvalue weighted by atomic mass is 10.3. The van der Waals surface area contributed by atoms with Crippen molar-refractivity contribution in [2.75, 3.05) is 12.4 Å². The van der Waals surface area contributed by atoms with Crippen LogP contribution in [0.5, 0.6) is 5.75 Å². The number of rotatable bonds is 4. The Morgan fingerprint density at radius 3 is 2.71 bits per heavy atom. The highest BCUT2D eigenvalue weighted by Gasteiger charge is 2.03. The van der Waals surface area contributed by atoms with E-state index >= 15 is 0 Å². The second-order valence-electron chi connectivity index (χ2n) is 3.37. The predicted octanol–water partition coefficient (Wildman–Crippen LogP) is 2.24. The molecule has 0 fully saturated rings. The summed E-state index contributed by atoms with van der Waals surface area (Å²) in [5, 5.41) is 3.03. The number of ether oxygens (including phenoxy) is 1. The largest absolute Gasteiger partial charge is 0.494 e. The third-order valence-electron chi connectivity index (χ3n) is 2.22. The van der Waals surface area contributed by atoms with Crippen LogP contribution < -0.4 is 10.1 Å². The van der Waals surface area contributed by atoms with Crippen molar-refractivity contribution in [1.82, 2.24) is 9.97 Å². The SMILES string of the molecule is COc1ccc(NCc2ncccn2)cc1F. The van der Waals surface area contributed by atoms with Crippen molar-refractivity contribution in [3.8, 4) is 5.75 Å². The van der Waals surface area contributed by atoms with Crippen LogP contribution in [0.15, 0.2) is 36.7 Å². The van der Waals surface area contributed by atoms with Gasteiger partial charge in [-0.05, 0) is 18.2 Å². The molecule has 1 heterocycles. The van der Waals surface area contributed by atoms with Gasteiger partial charge in [-0.3, -0.25) is 0 Å². The number of nitrogens with one attached hydrogen (secondary N) is 1. The van der Waals surface area contributed by atoms with Crippen LogP contribution in [0, 0.1) is 5.82 Å². The summed E-state index contributed by atoms with van der Waals surface area (Å²) in [6.45, 7) is 0.451. The fraction of sp³-hybridized carbons (Fsp3) is 0.167. The molecule has 4 nitrogen and oxygen atoms in total. The van der Waals surface area contributed by atoms with Crippen LogP contribution in [0.1, 0.15) is 5.82 Å². The minimum atomic E-state index is -0.397. The third-order valence-corrected chi connectivity index (χ3v) is 2.22. The van der Waals surface area contributed by atoms with Gasteiger partial charge in [0.1, 0.15) is 5.82 Å². The van der Waals surface area contributed by atoms with Gasteiger partial charge in [0.15, 0.2) is 11.6 Å². The maximum atomic E-state index is 13.4. The van der Waals surface area contributed by atoms with Crippen molar-refractivity contribution in [2.24, 2.45) is 0 Å². The maximum absolute atomic E-state index is 13.4. The smallest absolute Gasteiger partial charge is 0.167 e. The predicted molar refractivity (Wildman–Crippen MR) is 62.3 cm³/mol. The number of aromatic nitrogens is 2. The summed E-state index contributed by atoms with van der Waals surface area (Å²) in [5.74, 6) is 0.488. The molecule has 0 saturated carbocycles.